The summed E-state index contributed by atoms with van der Waals surface area (Å²) in [7, 11) is 0. The molecule has 0 spiro atoms. The van der Waals surface area contributed by atoms with Gasteiger partial charge in [-0.1, -0.05) is 35.5 Å². The van der Waals surface area contributed by atoms with Gasteiger partial charge in [0.05, 0.1) is 26.0 Å². The molecule has 1 aromatic carbocycles. The highest BCUT2D eigenvalue weighted by atomic mass is 16.6. The monoisotopic (exact) mass is 494 g/mol. The SMILES string of the molecule is CC(C)(C)OC(=O)Cn1cc(CNc2nc(NCCc3ccccc3)cc(N3CCOCC3)n2)nn1. The Labute approximate surface area is 211 Å². The van der Waals surface area contributed by atoms with E-state index in [4.69, 9.17) is 14.5 Å². The van der Waals surface area contributed by atoms with E-state index in [0.717, 1.165) is 37.7 Å². The fourth-order valence-electron chi connectivity index (χ4n) is 3.71. The van der Waals surface area contributed by atoms with E-state index in [1.807, 2.05) is 45.0 Å². The van der Waals surface area contributed by atoms with Gasteiger partial charge >= 0.3 is 5.97 Å². The molecule has 0 aliphatic carbocycles. The highest BCUT2D eigenvalue weighted by Crippen LogP contribution is 2.20. The minimum atomic E-state index is -0.544. The minimum absolute atomic E-state index is 0.00275. The maximum atomic E-state index is 12.1. The molecule has 11 nitrogen and oxygen atoms in total. The Morgan fingerprint density at radius 3 is 2.64 bits per heavy atom. The fourth-order valence-corrected chi connectivity index (χ4v) is 3.71. The van der Waals surface area contributed by atoms with Crippen molar-refractivity contribution in [1.82, 2.24) is 25.0 Å². The number of hydrogen-bond acceptors (Lipinski definition) is 10. The average molecular weight is 495 g/mol. The third kappa shape index (κ3) is 7.91. The summed E-state index contributed by atoms with van der Waals surface area (Å²) in [5.74, 6) is 1.72. The smallest absolute Gasteiger partial charge is 0.328 e. The Morgan fingerprint density at radius 2 is 1.89 bits per heavy atom. The molecule has 3 aromatic rings. The van der Waals surface area contributed by atoms with Crippen LogP contribution in [0.1, 0.15) is 32.0 Å². The van der Waals surface area contributed by atoms with Crippen molar-refractivity contribution in [1.29, 1.82) is 0 Å². The largest absolute Gasteiger partial charge is 0.459 e. The van der Waals surface area contributed by atoms with Crippen LogP contribution in [0.15, 0.2) is 42.6 Å². The number of ether oxygens (including phenoxy) is 2. The normalized spacial score (nSPS) is 13.9. The molecule has 36 heavy (non-hydrogen) atoms. The van der Waals surface area contributed by atoms with E-state index in [1.54, 1.807) is 6.20 Å². The number of nitrogens with one attached hydrogen (secondary N) is 2. The summed E-state index contributed by atoms with van der Waals surface area (Å²) >= 11 is 0. The van der Waals surface area contributed by atoms with Crippen LogP contribution in [0, 0.1) is 0 Å². The van der Waals surface area contributed by atoms with Gasteiger partial charge in [0, 0.05) is 25.7 Å². The zero-order chi connectivity index (χ0) is 25.4. The van der Waals surface area contributed by atoms with Crippen LogP contribution in [0.5, 0.6) is 0 Å². The van der Waals surface area contributed by atoms with Gasteiger partial charge in [-0.05, 0) is 32.8 Å². The van der Waals surface area contributed by atoms with Gasteiger partial charge in [0.25, 0.3) is 0 Å². The van der Waals surface area contributed by atoms with Crippen LogP contribution in [0.4, 0.5) is 17.6 Å². The molecule has 0 bridgehead atoms. The molecule has 1 fully saturated rings. The molecule has 11 heteroatoms. The summed E-state index contributed by atoms with van der Waals surface area (Å²) in [6, 6.07) is 12.3. The van der Waals surface area contributed by atoms with E-state index in [1.165, 1.54) is 10.2 Å². The van der Waals surface area contributed by atoms with Gasteiger partial charge < -0.3 is 25.0 Å². The lowest BCUT2D eigenvalue weighted by atomic mass is 10.1. The van der Waals surface area contributed by atoms with Crippen LogP contribution in [-0.4, -0.2) is 69.4 Å². The molecule has 1 saturated heterocycles. The summed E-state index contributed by atoms with van der Waals surface area (Å²) in [6.07, 6.45) is 2.60. The van der Waals surface area contributed by atoms with Crippen LogP contribution in [0.25, 0.3) is 0 Å². The quantitative estimate of drug-likeness (QED) is 0.407. The molecule has 0 unspecified atom stereocenters. The zero-order valence-corrected chi connectivity index (χ0v) is 21.1. The Bertz CT molecular complexity index is 1120. The molecule has 3 heterocycles. The van der Waals surface area contributed by atoms with Gasteiger partial charge in [0.15, 0.2) is 0 Å². The molecule has 0 saturated carbocycles. The van der Waals surface area contributed by atoms with Crippen LogP contribution in [-0.2, 0) is 33.8 Å². The molecule has 0 radical (unpaired) electrons. The number of aromatic nitrogens is 5. The van der Waals surface area contributed by atoms with Crippen molar-refractivity contribution in [2.24, 2.45) is 0 Å². The van der Waals surface area contributed by atoms with Crippen LogP contribution >= 0.6 is 0 Å². The van der Waals surface area contributed by atoms with E-state index in [9.17, 15) is 4.79 Å². The predicted octanol–water partition coefficient (Wildman–Crippen LogP) is 2.51. The fraction of sp³-hybridized carbons (Fsp3) is 0.480. The Kier molecular flexibility index (Phi) is 8.32. The lowest BCUT2D eigenvalue weighted by Crippen LogP contribution is -2.37. The van der Waals surface area contributed by atoms with E-state index in [-0.39, 0.29) is 12.5 Å². The van der Waals surface area contributed by atoms with Gasteiger partial charge in [-0.3, -0.25) is 4.79 Å². The van der Waals surface area contributed by atoms with Gasteiger partial charge in [0.2, 0.25) is 5.95 Å². The highest BCUT2D eigenvalue weighted by molar-refractivity contribution is 5.69. The van der Waals surface area contributed by atoms with Gasteiger partial charge in [-0.15, -0.1) is 5.10 Å². The second kappa shape index (κ2) is 11.8. The number of hydrogen-bond donors (Lipinski definition) is 2. The molecule has 2 N–H and O–H groups in total. The van der Waals surface area contributed by atoms with Gasteiger partial charge in [-0.25, -0.2) is 4.68 Å². The first kappa shape index (κ1) is 25.4. The molecular formula is C25H34N8O3. The highest BCUT2D eigenvalue weighted by Gasteiger charge is 2.18. The summed E-state index contributed by atoms with van der Waals surface area (Å²) in [6.45, 7) is 9.51. The Hall–Kier alpha value is -3.73. The minimum Gasteiger partial charge on any atom is -0.459 e. The van der Waals surface area contributed by atoms with Crippen molar-refractivity contribution in [2.75, 3.05) is 48.4 Å². The Balaban J connectivity index is 1.39. The van der Waals surface area contributed by atoms with Crippen molar-refractivity contribution in [3.05, 3.63) is 53.9 Å². The average Bonchev–Trinajstić information content (AvgIpc) is 3.30. The molecule has 2 aromatic heterocycles. The first-order valence-electron chi connectivity index (χ1n) is 12.2. The number of esters is 1. The number of nitrogens with zero attached hydrogens (tertiary/aromatic N) is 6. The lowest BCUT2D eigenvalue weighted by Gasteiger charge is -2.28. The topological polar surface area (TPSA) is 119 Å². The number of anilines is 3. The number of carbonyl (C=O) groups excluding carboxylic acids is 1. The lowest BCUT2D eigenvalue weighted by molar-refractivity contribution is -0.155. The summed E-state index contributed by atoms with van der Waals surface area (Å²) < 4.78 is 12.3. The summed E-state index contributed by atoms with van der Waals surface area (Å²) in [4.78, 5) is 23.6. The first-order valence-corrected chi connectivity index (χ1v) is 12.2. The second-order valence-electron chi connectivity index (χ2n) is 9.54. The third-order valence-corrected chi connectivity index (χ3v) is 5.34. The summed E-state index contributed by atoms with van der Waals surface area (Å²) in [5.41, 5.74) is 1.38. The second-order valence-corrected chi connectivity index (χ2v) is 9.54. The number of morpholine rings is 1. The first-order chi connectivity index (χ1) is 17.3. The number of carbonyl (C=O) groups is 1. The molecular weight excluding hydrogens is 460 g/mol. The molecule has 0 amide bonds. The zero-order valence-electron chi connectivity index (χ0n) is 21.1. The van der Waals surface area contributed by atoms with Crippen LogP contribution in [0.3, 0.4) is 0 Å². The van der Waals surface area contributed by atoms with Crippen molar-refractivity contribution < 1.29 is 14.3 Å². The number of rotatable bonds is 10. The van der Waals surface area contributed by atoms with Crippen LogP contribution in [0.2, 0.25) is 0 Å². The maximum absolute atomic E-state index is 12.1. The maximum Gasteiger partial charge on any atom is 0.328 e. The molecule has 4 rings (SSSR count). The molecule has 1 aliphatic heterocycles. The summed E-state index contributed by atoms with van der Waals surface area (Å²) in [5, 5.41) is 14.8. The number of benzene rings is 1. The molecule has 1 aliphatic rings. The van der Waals surface area contributed by atoms with Crippen molar-refractivity contribution in [3.8, 4) is 0 Å². The van der Waals surface area contributed by atoms with E-state index in [2.05, 4.69) is 43.0 Å². The predicted molar refractivity (Wildman–Crippen MR) is 137 cm³/mol. The molecule has 0 atom stereocenters. The van der Waals surface area contributed by atoms with Gasteiger partial charge in [-0.2, -0.15) is 9.97 Å². The third-order valence-electron chi connectivity index (χ3n) is 5.34. The Morgan fingerprint density at radius 1 is 1.11 bits per heavy atom. The van der Waals surface area contributed by atoms with E-state index >= 15 is 0 Å². The van der Waals surface area contributed by atoms with Crippen LogP contribution < -0.4 is 15.5 Å². The van der Waals surface area contributed by atoms with E-state index in [0.29, 0.717) is 31.4 Å². The van der Waals surface area contributed by atoms with Gasteiger partial charge in [0.1, 0.15) is 29.5 Å². The van der Waals surface area contributed by atoms with Crippen molar-refractivity contribution in [2.45, 2.75) is 45.9 Å². The molecule has 192 valence electrons. The van der Waals surface area contributed by atoms with E-state index < -0.39 is 5.60 Å². The van der Waals surface area contributed by atoms with Crippen molar-refractivity contribution >= 4 is 23.6 Å². The van der Waals surface area contributed by atoms with Crippen molar-refractivity contribution in [3.63, 3.8) is 0 Å². The standard InChI is InChI=1S/C25H34N8O3/c1-25(2,3)36-23(34)18-33-17-20(30-31-33)16-27-24-28-21(26-10-9-19-7-5-4-6-8-19)15-22(29-24)32-11-13-35-14-12-32/h4-8,15,17H,9-14,16,18H2,1-3H3,(H2,26,27,28,29).